The molecule has 0 N–H and O–H groups in total. The van der Waals surface area contributed by atoms with E-state index in [1.54, 1.807) is 39.8 Å². The SMILES string of the molecule is CCN1C(=O)C(C)(C)Oc2cc(C)c(-c3cc(C=O)ccc3OC(F)(F)F)cc21. The molecule has 0 radical (unpaired) electrons. The average molecular weight is 407 g/mol. The van der Waals surface area contributed by atoms with Crippen LogP contribution < -0.4 is 14.4 Å². The molecule has 0 unspecified atom stereocenters. The Balaban J connectivity index is 2.22. The van der Waals surface area contributed by atoms with Crippen molar-refractivity contribution in [3.8, 4) is 22.6 Å². The van der Waals surface area contributed by atoms with Crippen LogP contribution in [0.3, 0.4) is 0 Å². The average Bonchev–Trinajstić information content (AvgIpc) is 2.62. The Morgan fingerprint density at radius 1 is 1.17 bits per heavy atom. The van der Waals surface area contributed by atoms with E-state index in [-0.39, 0.29) is 17.0 Å². The van der Waals surface area contributed by atoms with E-state index in [0.29, 0.717) is 35.4 Å². The molecular formula is C21H20F3NO4. The van der Waals surface area contributed by atoms with Crippen LogP contribution in [-0.4, -0.2) is 30.7 Å². The van der Waals surface area contributed by atoms with Gasteiger partial charge in [0.15, 0.2) is 5.60 Å². The third-order valence-corrected chi connectivity index (χ3v) is 4.69. The molecule has 0 bridgehead atoms. The molecule has 154 valence electrons. The number of benzene rings is 2. The van der Waals surface area contributed by atoms with E-state index in [1.807, 2.05) is 0 Å². The summed E-state index contributed by atoms with van der Waals surface area (Å²) in [7, 11) is 0. The Bertz CT molecular complexity index is 983. The number of carbonyl (C=O) groups excluding carboxylic acids is 2. The van der Waals surface area contributed by atoms with Crippen LogP contribution >= 0.6 is 0 Å². The Hall–Kier alpha value is -3.03. The number of alkyl halides is 3. The fourth-order valence-electron chi connectivity index (χ4n) is 3.36. The molecule has 2 aromatic carbocycles. The van der Waals surface area contributed by atoms with Gasteiger partial charge in [-0.05, 0) is 69.2 Å². The summed E-state index contributed by atoms with van der Waals surface area (Å²) in [6.07, 6.45) is -4.35. The van der Waals surface area contributed by atoms with Crippen LogP contribution in [0.2, 0.25) is 0 Å². The zero-order valence-electron chi connectivity index (χ0n) is 16.4. The number of hydrogen-bond donors (Lipinski definition) is 0. The lowest BCUT2D eigenvalue weighted by molar-refractivity contribution is -0.274. The number of carbonyl (C=O) groups is 2. The molecule has 8 heteroatoms. The van der Waals surface area contributed by atoms with E-state index in [9.17, 15) is 22.8 Å². The highest BCUT2D eigenvalue weighted by Gasteiger charge is 2.41. The molecule has 1 aliphatic heterocycles. The molecule has 0 aromatic heterocycles. The third kappa shape index (κ3) is 3.92. The normalized spacial score (nSPS) is 15.6. The summed E-state index contributed by atoms with van der Waals surface area (Å²) in [4.78, 5) is 25.4. The molecule has 0 saturated heterocycles. The van der Waals surface area contributed by atoms with Crippen molar-refractivity contribution in [1.82, 2.24) is 0 Å². The molecule has 29 heavy (non-hydrogen) atoms. The maximum Gasteiger partial charge on any atom is 0.573 e. The molecule has 1 aliphatic rings. The molecule has 1 amide bonds. The van der Waals surface area contributed by atoms with Crippen LogP contribution in [-0.2, 0) is 4.79 Å². The van der Waals surface area contributed by atoms with Gasteiger partial charge in [0, 0.05) is 17.7 Å². The first kappa shape index (κ1) is 20.7. The lowest BCUT2D eigenvalue weighted by atomic mass is 9.95. The van der Waals surface area contributed by atoms with Crippen molar-refractivity contribution in [2.45, 2.75) is 39.7 Å². The van der Waals surface area contributed by atoms with Gasteiger partial charge in [-0.1, -0.05) is 0 Å². The number of aldehydes is 1. The maximum atomic E-state index is 12.9. The quantitative estimate of drug-likeness (QED) is 0.677. The first-order valence-corrected chi connectivity index (χ1v) is 8.98. The number of amides is 1. The highest BCUT2D eigenvalue weighted by atomic mass is 19.4. The minimum absolute atomic E-state index is 0.0977. The van der Waals surface area contributed by atoms with E-state index in [4.69, 9.17) is 4.74 Å². The molecule has 0 fully saturated rings. The Morgan fingerprint density at radius 3 is 2.45 bits per heavy atom. The van der Waals surface area contributed by atoms with Gasteiger partial charge >= 0.3 is 6.36 Å². The summed E-state index contributed by atoms with van der Waals surface area (Å²) in [6, 6.07) is 6.95. The van der Waals surface area contributed by atoms with Gasteiger partial charge in [-0.2, -0.15) is 0 Å². The first-order valence-electron chi connectivity index (χ1n) is 8.98. The van der Waals surface area contributed by atoms with Gasteiger partial charge in [0.1, 0.15) is 17.8 Å². The number of halogens is 3. The summed E-state index contributed by atoms with van der Waals surface area (Å²) in [5, 5.41) is 0. The number of hydrogen-bond acceptors (Lipinski definition) is 4. The molecule has 2 aromatic rings. The summed E-state index contributed by atoms with van der Waals surface area (Å²) in [6.45, 7) is 7.19. The second-order valence-corrected chi connectivity index (χ2v) is 7.22. The molecule has 0 aliphatic carbocycles. The first-order chi connectivity index (χ1) is 13.5. The number of ether oxygens (including phenoxy) is 2. The molecular weight excluding hydrogens is 387 g/mol. The van der Waals surface area contributed by atoms with E-state index in [0.717, 1.165) is 6.07 Å². The van der Waals surface area contributed by atoms with E-state index in [2.05, 4.69) is 4.74 Å². The van der Waals surface area contributed by atoms with Crippen LogP contribution in [0.5, 0.6) is 11.5 Å². The van der Waals surface area contributed by atoms with Gasteiger partial charge in [-0.15, -0.1) is 13.2 Å². The van der Waals surface area contributed by atoms with Gasteiger partial charge in [0.05, 0.1) is 5.69 Å². The van der Waals surface area contributed by atoms with Crippen molar-refractivity contribution in [2.24, 2.45) is 0 Å². The van der Waals surface area contributed by atoms with Crippen LogP contribution in [0.4, 0.5) is 18.9 Å². The lowest BCUT2D eigenvalue weighted by Crippen LogP contribution is -2.52. The molecule has 5 nitrogen and oxygen atoms in total. The summed E-state index contributed by atoms with van der Waals surface area (Å²) in [5.41, 5.74) is 0.708. The second kappa shape index (κ2) is 7.09. The number of nitrogens with zero attached hydrogens (tertiary/aromatic N) is 1. The fourth-order valence-corrected chi connectivity index (χ4v) is 3.36. The minimum atomic E-state index is -4.89. The molecule has 1 heterocycles. The highest BCUT2D eigenvalue weighted by molar-refractivity contribution is 6.03. The third-order valence-electron chi connectivity index (χ3n) is 4.69. The summed E-state index contributed by atoms with van der Waals surface area (Å²) in [5.74, 6) is -0.226. The van der Waals surface area contributed by atoms with Gasteiger partial charge in [-0.3, -0.25) is 9.59 Å². The van der Waals surface area contributed by atoms with Crippen molar-refractivity contribution in [2.75, 3.05) is 11.4 Å². The van der Waals surface area contributed by atoms with Crippen molar-refractivity contribution < 1.29 is 32.2 Å². The topological polar surface area (TPSA) is 55.8 Å². The lowest BCUT2D eigenvalue weighted by Gasteiger charge is -2.39. The number of rotatable bonds is 4. The number of anilines is 1. The zero-order chi connectivity index (χ0) is 21.6. The zero-order valence-corrected chi connectivity index (χ0v) is 16.4. The Morgan fingerprint density at radius 2 is 1.86 bits per heavy atom. The summed E-state index contributed by atoms with van der Waals surface area (Å²) < 4.78 is 48.6. The van der Waals surface area contributed by atoms with Crippen LogP contribution in [0, 0.1) is 6.92 Å². The molecule has 0 atom stereocenters. The smallest absolute Gasteiger partial charge is 0.476 e. The van der Waals surface area contributed by atoms with E-state index in [1.165, 1.54) is 17.0 Å². The molecule has 0 spiro atoms. The van der Waals surface area contributed by atoms with Crippen LogP contribution in [0.1, 0.15) is 36.7 Å². The van der Waals surface area contributed by atoms with Crippen LogP contribution in [0.15, 0.2) is 30.3 Å². The van der Waals surface area contributed by atoms with Crippen LogP contribution in [0.25, 0.3) is 11.1 Å². The van der Waals surface area contributed by atoms with Crippen molar-refractivity contribution in [3.63, 3.8) is 0 Å². The maximum absolute atomic E-state index is 12.9. The van der Waals surface area contributed by atoms with E-state index >= 15 is 0 Å². The molecule has 0 saturated carbocycles. The Kier molecular flexibility index (Phi) is 5.06. The molecule has 3 rings (SSSR count). The predicted octanol–water partition coefficient (Wildman–Crippen LogP) is 4.90. The monoisotopic (exact) mass is 407 g/mol. The van der Waals surface area contributed by atoms with Gasteiger partial charge in [-0.25, -0.2) is 0 Å². The number of fused-ring (bicyclic) bond motifs is 1. The van der Waals surface area contributed by atoms with Gasteiger partial charge < -0.3 is 14.4 Å². The number of likely N-dealkylation sites (N-methyl/N-ethyl adjacent to an activating group) is 1. The largest absolute Gasteiger partial charge is 0.573 e. The highest BCUT2D eigenvalue weighted by Crippen LogP contribution is 2.44. The van der Waals surface area contributed by atoms with E-state index < -0.39 is 17.7 Å². The summed E-state index contributed by atoms with van der Waals surface area (Å²) >= 11 is 0. The predicted molar refractivity (Wildman–Crippen MR) is 101 cm³/mol. The standard InChI is InChI=1S/C21H20F3NO4/c1-5-25-16-10-14(12(2)8-18(16)28-20(3,4)19(25)27)15-9-13(11-26)6-7-17(15)29-21(22,23)24/h6-11H,5H2,1-4H3. The van der Waals surface area contributed by atoms with Gasteiger partial charge in [0.25, 0.3) is 5.91 Å². The van der Waals surface area contributed by atoms with Gasteiger partial charge in [0.2, 0.25) is 0 Å². The second-order valence-electron chi connectivity index (χ2n) is 7.22. The van der Waals surface area contributed by atoms with Crippen molar-refractivity contribution in [1.29, 1.82) is 0 Å². The van der Waals surface area contributed by atoms with Crippen molar-refractivity contribution >= 4 is 17.9 Å². The number of aryl methyl sites for hydroxylation is 1. The van der Waals surface area contributed by atoms with Crippen molar-refractivity contribution in [3.05, 3.63) is 41.5 Å². The fraction of sp³-hybridized carbons (Fsp3) is 0.333. The Labute approximate surface area is 166 Å². The minimum Gasteiger partial charge on any atom is -0.476 e.